The van der Waals surface area contributed by atoms with Gasteiger partial charge in [-0.15, -0.1) is 0 Å². The molecule has 1 aliphatic rings. The maximum absolute atomic E-state index is 11.0. The highest BCUT2D eigenvalue weighted by Gasteiger charge is 2.19. The second-order valence-electron chi connectivity index (χ2n) is 4.56. The van der Waals surface area contributed by atoms with E-state index >= 15 is 0 Å². The van der Waals surface area contributed by atoms with Crippen LogP contribution in [0.25, 0.3) is 0 Å². The fraction of sp³-hybridized carbons (Fsp3) is 0.917. The first-order chi connectivity index (χ1) is 7.24. The lowest BCUT2D eigenvalue weighted by Crippen LogP contribution is -2.36. The molecule has 0 spiro atoms. The van der Waals surface area contributed by atoms with E-state index in [4.69, 9.17) is 0 Å². The van der Waals surface area contributed by atoms with Crippen molar-refractivity contribution in [1.82, 2.24) is 10.6 Å². The van der Waals surface area contributed by atoms with E-state index in [1.807, 2.05) is 0 Å². The van der Waals surface area contributed by atoms with Gasteiger partial charge in [0.15, 0.2) is 0 Å². The van der Waals surface area contributed by atoms with Crippen LogP contribution in [-0.2, 0) is 4.79 Å². The van der Waals surface area contributed by atoms with Crippen molar-refractivity contribution in [2.45, 2.75) is 51.5 Å². The molecular weight excluding hydrogens is 188 g/mol. The Bertz CT molecular complexity index is 188. The zero-order valence-corrected chi connectivity index (χ0v) is 10.0. The van der Waals surface area contributed by atoms with Crippen LogP contribution in [0.5, 0.6) is 0 Å². The van der Waals surface area contributed by atoms with E-state index in [0.29, 0.717) is 12.5 Å². The van der Waals surface area contributed by atoms with Gasteiger partial charge in [0, 0.05) is 26.1 Å². The second kappa shape index (κ2) is 6.83. The van der Waals surface area contributed by atoms with E-state index in [2.05, 4.69) is 17.6 Å². The standard InChI is InChI=1S/C12H24N2O/c1-10(11-6-4-3-5-7-11)14-9-8-12(15)13-2/h10-11,14H,3-9H2,1-2H3,(H,13,15)/t10-/m0/s1. The average Bonchev–Trinajstić information content (AvgIpc) is 2.29. The maximum Gasteiger partial charge on any atom is 0.221 e. The third-order valence-electron chi connectivity index (χ3n) is 3.45. The monoisotopic (exact) mass is 212 g/mol. The molecule has 3 heteroatoms. The largest absolute Gasteiger partial charge is 0.359 e. The molecule has 1 saturated carbocycles. The maximum atomic E-state index is 11.0. The molecule has 1 fully saturated rings. The zero-order valence-electron chi connectivity index (χ0n) is 10.0. The lowest BCUT2D eigenvalue weighted by molar-refractivity contribution is -0.120. The van der Waals surface area contributed by atoms with Crippen LogP contribution < -0.4 is 10.6 Å². The van der Waals surface area contributed by atoms with Crippen LogP contribution in [-0.4, -0.2) is 25.5 Å². The fourth-order valence-corrected chi connectivity index (χ4v) is 2.34. The van der Waals surface area contributed by atoms with Crippen molar-refractivity contribution in [2.24, 2.45) is 5.92 Å². The van der Waals surface area contributed by atoms with E-state index in [1.165, 1.54) is 32.1 Å². The number of carbonyl (C=O) groups excluding carboxylic acids is 1. The van der Waals surface area contributed by atoms with Crippen LogP contribution in [0, 0.1) is 5.92 Å². The predicted molar refractivity (Wildman–Crippen MR) is 62.7 cm³/mol. The molecule has 1 atom stereocenters. The molecule has 1 rings (SSSR count). The molecule has 0 aromatic carbocycles. The molecule has 0 aromatic heterocycles. The van der Waals surface area contributed by atoms with Crippen molar-refractivity contribution in [2.75, 3.05) is 13.6 Å². The predicted octanol–water partition coefficient (Wildman–Crippen LogP) is 1.68. The highest BCUT2D eigenvalue weighted by molar-refractivity contribution is 5.75. The summed E-state index contributed by atoms with van der Waals surface area (Å²) in [6.07, 6.45) is 7.47. The van der Waals surface area contributed by atoms with Gasteiger partial charge < -0.3 is 10.6 Å². The first kappa shape index (κ1) is 12.5. The number of hydrogen-bond acceptors (Lipinski definition) is 2. The summed E-state index contributed by atoms with van der Waals surface area (Å²) in [5.74, 6) is 0.946. The summed E-state index contributed by atoms with van der Waals surface area (Å²) in [6.45, 7) is 3.05. The van der Waals surface area contributed by atoms with Gasteiger partial charge >= 0.3 is 0 Å². The molecule has 0 radical (unpaired) electrons. The van der Waals surface area contributed by atoms with Gasteiger partial charge in [0.1, 0.15) is 0 Å². The van der Waals surface area contributed by atoms with Crippen molar-refractivity contribution in [1.29, 1.82) is 0 Å². The number of amides is 1. The van der Waals surface area contributed by atoms with Crippen molar-refractivity contribution in [3.05, 3.63) is 0 Å². The summed E-state index contributed by atoms with van der Waals surface area (Å²) < 4.78 is 0. The fourth-order valence-electron chi connectivity index (χ4n) is 2.34. The third-order valence-corrected chi connectivity index (χ3v) is 3.45. The molecule has 0 saturated heterocycles. The van der Waals surface area contributed by atoms with Gasteiger partial charge in [0.05, 0.1) is 0 Å². The van der Waals surface area contributed by atoms with E-state index < -0.39 is 0 Å². The molecule has 0 unspecified atom stereocenters. The van der Waals surface area contributed by atoms with Crippen molar-refractivity contribution < 1.29 is 4.79 Å². The SMILES string of the molecule is CNC(=O)CCN[C@@H](C)C1CCCCC1. The normalized spacial score (nSPS) is 19.9. The Kier molecular flexibility index (Phi) is 5.69. The topological polar surface area (TPSA) is 41.1 Å². The van der Waals surface area contributed by atoms with Gasteiger partial charge in [0.2, 0.25) is 5.91 Å². The minimum absolute atomic E-state index is 0.123. The number of carbonyl (C=O) groups is 1. The minimum atomic E-state index is 0.123. The van der Waals surface area contributed by atoms with Crippen LogP contribution >= 0.6 is 0 Å². The van der Waals surface area contributed by atoms with E-state index in [9.17, 15) is 4.79 Å². The van der Waals surface area contributed by atoms with Gasteiger partial charge in [-0.25, -0.2) is 0 Å². The van der Waals surface area contributed by atoms with Gasteiger partial charge in [0.25, 0.3) is 0 Å². The van der Waals surface area contributed by atoms with Crippen LogP contribution in [0.15, 0.2) is 0 Å². The van der Waals surface area contributed by atoms with E-state index in [-0.39, 0.29) is 5.91 Å². The summed E-state index contributed by atoms with van der Waals surface area (Å²) in [5.41, 5.74) is 0. The van der Waals surface area contributed by atoms with Crippen LogP contribution in [0.1, 0.15) is 45.4 Å². The first-order valence-electron chi connectivity index (χ1n) is 6.18. The molecule has 0 bridgehead atoms. The molecule has 0 aliphatic heterocycles. The Morgan fingerprint density at radius 3 is 2.60 bits per heavy atom. The zero-order chi connectivity index (χ0) is 11.1. The quantitative estimate of drug-likeness (QED) is 0.728. The molecule has 1 aliphatic carbocycles. The number of rotatable bonds is 5. The van der Waals surface area contributed by atoms with Gasteiger partial charge in [-0.2, -0.15) is 0 Å². The van der Waals surface area contributed by atoms with Gasteiger partial charge in [-0.3, -0.25) is 4.79 Å². The Morgan fingerprint density at radius 1 is 1.33 bits per heavy atom. The smallest absolute Gasteiger partial charge is 0.221 e. The van der Waals surface area contributed by atoms with Gasteiger partial charge in [-0.05, 0) is 25.7 Å². The number of nitrogens with one attached hydrogen (secondary N) is 2. The van der Waals surface area contributed by atoms with Crippen molar-refractivity contribution in [3.63, 3.8) is 0 Å². The third kappa shape index (κ3) is 4.65. The molecule has 0 heterocycles. The highest BCUT2D eigenvalue weighted by atomic mass is 16.1. The summed E-state index contributed by atoms with van der Waals surface area (Å²) in [6, 6.07) is 0.565. The molecule has 1 amide bonds. The molecule has 3 nitrogen and oxygen atoms in total. The van der Waals surface area contributed by atoms with E-state index in [0.717, 1.165) is 12.5 Å². The Hall–Kier alpha value is -0.570. The Balaban J connectivity index is 2.11. The second-order valence-corrected chi connectivity index (χ2v) is 4.56. The Morgan fingerprint density at radius 2 is 2.00 bits per heavy atom. The number of hydrogen-bond donors (Lipinski definition) is 2. The highest BCUT2D eigenvalue weighted by Crippen LogP contribution is 2.26. The van der Waals surface area contributed by atoms with Crippen molar-refractivity contribution >= 4 is 5.91 Å². The Labute approximate surface area is 93.0 Å². The van der Waals surface area contributed by atoms with Crippen LogP contribution in [0.2, 0.25) is 0 Å². The summed E-state index contributed by atoms with van der Waals surface area (Å²) in [7, 11) is 1.69. The first-order valence-corrected chi connectivity index (χ1v) is 6.18. The molecule has 0 aromatic rings. The lowest BCUT2D eigenvalue weighted by Gasteiger charge is -2.28. The summed E-state index contributed by atoms with van der Waals surface area (Å²) >= 11 is 0. The molecule has 15 heavy (non-hydrogen) atoms. The molecule has 2 N–H and O–H groups in total. The molecular formula is C12H24N2O. The molecule has 88 valence electrons. The van der Waals surface area contributed by atoms with E-state index in [1.54, 1.807) is 7.05 Å². The van der Waals surface area contributed by atoms with Crippen molar-refractivity contribution in [3.8, 4) is 0 Å². The average molecular weight is 212 g/mol. The van der Waals surface area contributed by atoms with Crippen LogP contribution in [0.4, 0.5) is 0 Å². The summed E-state index contributed by atoms with van der Waals surface area (Å²) in [4.78, 5) is 11.0. The van der Waals surface area contributed by atoms with Crippen LogP contribution in [0.3, 0.4) is 0 Å². The lowest BCUT2D eigenvalue weighted by atomic mass is 9.84. The summed E-state index contributed by atoms with van der Waals surface area (Å²) in [5, 5.41) is 6.10. The van der Waals surface area contributed by atoms with Gasteiger partial charge in [-0.1, -0.05) is 19.3 Å². The minimum Gasteiger partial charge on any atom is -0.359 e.